The molecule has 0 radical (unpaired) electrons. The van der Waals surface area contributed by atoms with E-state index >= 15 is 0 Å². The molecule has 8 heteroatoms. The molecule has 8 nitrogen and oxygen atoms in total. The Morgan fingerprint density at radius 3 is 2.65 bits per heavy atom. The van der Waals surface area contributed by atoms with Crippen LogP contribution in [0.5, 0.6) is 11.6 Å². The van der Waals surface area contributed by atoms with Gasteiger partial charge in [-0.05, 0) is 24.3 Å². The number of H-pyrrole nitrogens is 1. The third kappa shape index (κ3) is 3.70. The number of methoxy groups -OCH3 is 2. The first-order chi connectivity index (χ1) is 12.5. The van der Waals surface area contributed by atoms with Gasteiger partial charge in [-0.3, -0.25) is 9.59 Å². The van der Waals surface area contributed by atoms with E-state index in [2.05, 4.69) is 15.3 Å². The molecule has 1 amide bonds. The number of aromatic nitrogens is 2. The van der Waals surface area contributed by atoms with Gasteiger partial charge in [0.25, 0.3) is 5.91 Å². The summed E-state index contributed by atoms with van der Waals surface area (Å²) < 4.78 is 9.97. The van der Waals surface area contributed by atoms with Crippen LogP contribution in [0.2, 0.25) is 0 Å². The summed E-state index contributed by atoms with van der Waals surface area (Å²) in [6.45, 7) is 0. The number of ether oxygens (including phenoxy) is 2. The topological polar surface area (TPSA) is 114 Å². The maximum absolute atomic E-state index is 12.6. The second-order valence-corrected chi connectivity index (χ2v) is 6.25. The van der Waals surface area contributed by atoms with E-state index in [9.17, 15) is 14.7 Å². The Bertz CT molecular complexity index is 827. The van der Waals surface area contributed by atoms with Gasteiger partial charge in [-0.15, -0.1) is 0 Å². The third-order valence-corrected chi connectivity index (χ3v) is 4.58. The summed E-state index contributed by atoms with van der Waals surface area (Å²) in [6, 6.07) is 4.43. The zero-order valence-electron chi connectivity index (χ0n) is 14.6. The second-order valence-electron chi connectivity index (χ2n) is 6.25. The van der Waals surface area contributed by atoms with Gasteiger partial charge in [-0.2, -0.15) is 0 Å². The van der Waals surface area contributed by atoms with Crippen LogP contribution in [0.1, 0.15) is 34.9 Å². The minimum absolute atomic E-state index is 0.0918. The highest BCUT2D eigenvalue weighted by atomic mass is 16.5. The number of pyridine rings is 2. The van der Waals surface area contributed by atoms with Gasteiger partial charge in [0.1, 0.15) is 5.69 Å². The molecule has 3 N–H and O–H groups in total. The van der Waals surface area contributed by atoms with Crippen molar-refractivity contribution in [3.63, 3.8) is 0 Å². The van der Waals surface area contributed by atoms with E-state index in [0.29, 0.717) is 18.7 Å². The maximum Gasteiger partial charge on any atom is 0.268 e. The molecule has 0 unspecified atom stereocenters. The van der Waals surface area contributed by atoms with Gasteiger partial charge >= 0.3 is 0 Å². The lowest BCUT2D eigenvalue weighted by Crippen LogP contribution is -2.41. The van der Waals surface area contributed by atoms with E-state index in [1.807, 2.05) is 6.07 Å². The summed E-state index contributed by atoms with van der Waals surface area (Å²) in [6.07, 6.45) is 3.83. The van der Waals surface area contributed by atoms with Crippen molar-refractivity contribution >= 4 is 5.91 Å². The summed E-state index contributed by atoms with van der Waals surface area (Å²) in [5, 5.41) is 12.6. The number of nitrogens with zero attached hydrogens (tertiary/aromatic N) is 1. The van der Waals surface area contributed by atoms with Crippen molar-refractivity contribution in [2.45, 2.75) is 25.0 Å². The molecule has 3 rings (SSSR count). The van der Waals surface area contributed by atoms with Crippen molar-refractivity contribution in [3.05, 3.63) is 52.1 Å². The highest BCUT2D eigenvalue weighted by Gasteiger charge is 2.36. The van der Waals surface area contributed by atoms with Crippen LogP contribution in [-0.2, 0) is 0 Å². The number of amides is 1. The summed E-state index contributed by atoms with van der Waals surface area (Å²) >= 11 is 0. The SMILES string of the molecule is COc1ccc([C@H](NC(=O)c2cc(=O)c(OC)c[nH]2)C2CC(O)C2)cn1. The smallest absolute Gasteiger partial charge is 0.268 e. The normalized spacial score (nSPS) is 20.0. The van der Waals surface area contributed by atoms with Crippen LogP contribution in [0.15, 0.2) is 35.4 Å². The van der Waals surface area contributed by atoms with Crippen LogP contribution >= 0.6 is 0 Å². The van der Waals surface area contributed by atoms with Crippen molar-refractivity contribution in [3.8, 4) is 11.6 Å². The Kier molecular flexibility index (Phi) is 5.22. The molecule has 1 aliphatic carbocycles. The number of carbonyl (C=O) groups excluding carboxylic acids is 1. The Labute approximate surface area is 150 Å². The lowest BCUT2D eigenvalue weighted by atomic mass is 9.75. The van der Waals surface area contributed by atoms with Gasteiger partial charge in [0, 0.05) is 24.5 Å². The molecule has 0 saturated heterocycles. The zero-order chi connectivity index (χ0) is 18.7. The van der Waals surface area contributed by atoms with Crippen LogP contribution in [0, 0.1) is 5.92 Å². The number of nitrogens with one attached hydrogen (secondary N) is 2. The van der Waals surface area contributed by atoms with Gasteiger partial charge in [-0.1, -0.05) is 6.07 Å². The first-order valence-corrected chi connectivity index (χ1v) is 8.27. The van der Waals surface area contributed by atoms with Gasteiger partial charge in [0.15, 0.2) is 5.75 Å². The van der Waals surface area contributed by atoms with Crippen molar-refractivity contribution in [2.24, 2.45) is 5.92 Å². The minimum atomic E-state index is -0.410. The molecule has 1 atom stereocenters. The number of aromatic amines is 1. The van der Waals surface area contributed by atoms with Gasteiger partial charge < -0.3 is 24.9 Å². The molecular weight excluding hydrogens is 338 g/mol. The molecule has 0 bridgehead atoms. The average molecular weight is 359 g/mol. The van der Waals surface area contributed by atoms with E-state index in [1.165, 1.54) is 26.5 Å². The molecule has 2 aromatic rings. The Morgan fingerprint density at radius 1 is 1.35 bits per heavy atom. The quantitative estimate of drug-likeness (QED) is 0.710. The first kappa shape index (κ1) is 17.9. The summed E-state index contributed by atoms with van der Waals surface area (Å²) in [5.41, 5.74) is 0.576. The van der Waals surface area contributed by atoms with E-state index in [0.717, 1.165) is 5.56 Å². The Balaban J connectivity index is 1.81. The molecule has 2 heterocycles. The molecule has 1 fully saturated rings. The lowest BCUT2D eigenvalue weighted by molar-refractivity contribution is 0.0234. The standard InChI is InChI=1S/C18H21N3O5/c1-25-15-9-19-13(7-14(15)23)18(24)21-17(11-5-12(22)6-11)10-3-4-16(26-2)20-8-10/h3-4,7-9,11-12,17,22H,5-6H2,1-2H3,(H,19,23)(H,21,24)/t11?,12?,17-/m0/s1. The monoisotopic (exact) mass is 359 g/mol. The number of aliphatic hydroxyl groups is 1. The molecule has 0 spiro atoms. The molecular formula is C18H21N3O5. The second kappa shape index (κ2) is 7.57. The fourth-order valence-corrected chi connectivity index (χ4v) is 3.04. The van der Waals surface area contributed by atoms with Crippen molar-refractivity contribution in [2.75, 3.05) is 14.2 Å². The maximum atomic E-state index is 12.6. The van der Waals surface area contributed by atoms with E-state index in [4.69, 9.17) is 9.47 Å². The summed E-state index contributed by atoms with van der Waals surface area (Å²) in [7, 11) is 2.92. The number of aliphatic hydroxyl groups excluding tert-OH is 1. The molecule has 0 aliphatic heterocycles. The van der Waals surface area contributed by atoms with Crippen LogP contribution in [0.3, 0.4) is 0 Å². The Hall–Kier alpha value is -2.87. The summed E-state index contributed by atoms with van der Waals surface area (Å²) in [5.74, 6) is 0.299. The van der Waals surface area contributed by atoms with Crippen LogP contribution < -0.4 is 20.2 Å². The largest absolute Gasteiger partial charge is 0.491 e. The molecule has 2 aromatic heterocycles. The Morgan fingerprint density at radius 2 is 2.12 bits per heavy atom. The summed E-state index contributed by atoms with van der Waals surface area (Å²) in [4.78, 5) is 31.4. The lowest BCUT2D eigenvalue weighted by Gasteiger charge is -2.38. The number of hydrogen-bond acceptors (Lipinski definition) is 6. The van der Waals surface area contributed by atoms with Crippen molar-refractivity contribution < 1.29 is 19.4 Å². The zero-order valence-corrected chi connectivity index (χ0v) is 14.6. The van der Waals surface area contributed by atoms with Crippen LogP contribution in [-0.4, -0.2) is 41.3 Å². The van der Waals surface area contributed by atoms with Crippen LogP contribution in [0.4, 0.5) is 0 Å². The third-order valence-electron chi connectivity index (χ3n) is 4.58. The van der Waals surface area contributed by atoms with E-state index in [-0.39, 0.29) is 34.9 Å². The first-order valence-electron chi connectivity index (χ1n) is 8.27. The predicted octanol–water partition coefficient (Wildman–Crippen LogP) is 1.03. The van der Waals surface area contributed by atoms with Crippen molar-refractivity contribution in [1.29, 1.82) is 0 Å². The van der Waals surface area contributed by atoms with Crippen molar-refractivity contribution in [1.82, 2.24) is 15.3 Å². The van der Waals surface area contributed by atoms with Crippen LogP contribution in [0.25, 0.3) is 0 Å². The van der Waals surface area contributed by atoms with Gasteiger partial charge in [0.2, 0.25) is 11.3 Å². The molecule has 26 heavy (non-hydrogen) atoms. The molecule has 0 aromatic carbocycles. The number of hydrogen-bond donors (Lipinski definition) is 3. The fourth-order valence-electron chi connectivity index (χ4n) is 3.04. The average Bonchev–Trinajstić information content (AvgIpc) is 2.63. The fraction of sp³-hybridized carbons (Fsp3) is 0.389. The number of carbonyl (C=O) groups is 1. The van der Waals surface area contributed by atoms with Gasteiger partial charge in [0.05, 0.1) is 26.4 Å². The van der Waals surface area contributed by atoms with E-state index in [1.54, 1.807) is 12.3 Å². The van der Waals surface area contributed by atoms with Gasteiger partial charge in [-0.25, -0.2) is 4.98 Å². The number of rotatable bonds is 6. The molecule has 1 saturated carbocycles. The highest BCUT2D eigenvalue weighted by Crippen LogP contribution is 2.38. The minimum Gasteiger partial charge on any atom is -0.491 e. The predicted molar refractivity (Wildman–Crippen MR) is 93.3 cm³/mol. The molecule has 1 aliphatic rings. The highest BCUT2D eigenvalue weighted by molar-refractivity contribution is 5.92. The van der Waals surface area contributed by atoms with E-state index < -0.39 is 5.91 Å². The molecule has 138 valence electrons.